The molecule has 2 rings (SSSR count). The Balaban J connectivity index is 1.84. The maximum Gasteiger partial charge on any atom is 0.226 e. The molecule has 0 aliphatic heterocycles. The van der Waals surface area contributed by atoms with Gasteiger partial charge in [-0.3, -0.25) is 4.79 Å². The zero-order chi connectivity index (χ0) is 17.7. The molecule has 2 N–H and O–H groups in total. The summed E-state index contributed by atoms with van der Waals surface area (Å²) in [5, 5.41) is 5.30. The second-order valence-electron chi connectivity index (χ2n) is 5.72. The SMILES string of the molecule is CC(C)c1ccc(NC(=O)CCNc2ccc(F)c(F)c2F)cc1. The van der Waals surface area contributed by atoms with Crippen molar-refractivity contribution < 1.29 is 18.0 Å². The van der Waals surface area contributed by atoms with E-state index in [0.29, 0.717) is 11.6 Å². The number of nitrogens with one attached hydrogen (secondary N) is 2. The van der Waals surface area contributed by atoms with Crippen LogP contribution in [0.15, 0.2) is 36.4 Å². The fourth-order valence-electron chi connectivity index (χ4n) is 2.15. The van der Waals surface area contributed by atoms with Gasteiger partial charge in [0.25, 0.3) is 0 Å². The van der Waals surface area contributed by atoms with Gasteiger partial charge in [0.2, 0.25) is 5.91 Å². The largest absolute Gasteiger partial charge is 0.382 e. The molecule has 0 saturated heterocycles. The molecule has 0 fully saturated rings. The third kappa shape index (κ3) is 4.50. The van der Waals surface area contributed by atoms with E-state index < -0.39 is 17.5 Å². The van der Waals surface area contributed by atoms with Gasteiger partial charge in [-0.25, -0.2) is 13.2 Å². The summed E-state index contributed by atoms with van der Waals surface area (Å²) in [5.41, 5.74) is 1.66. The van der Waals surface area contributed by atoms with Gasteiger partial charge in [0, 0.05) is 18.7 Å². The molecule has 0 aliphatic carbocycles. The number of amides is 1. The van der Waals surface area contributed by atoms with Crippen LogP contribution >= 0.6 is 0 Å². The first-order valence-corrected chi connectivity index (χ1v) is 7.65. The monoisotopic (exact) mass is 336 g/mol. The Morgan fingerprint density at radius 1 is 1.00 bits per heavy atom. The van der Waals surface area contributed by atoms with E-state index >= 15 is 0 Å². The van der Waals surface area contributed by atoms with E-state index in [9.17, 15) is 18.0 Å². The first-order chi connectivity index (χ1) is 11.4. The molecule has 3 nitrogen and oxygen atoms in total. The second-order valence-corrected chi connectivity index (χ2v) is 5.72. The highest BCUT2D eigenvalue weighted by atomic mass is 19.2. The third-order valence-electron chi connectivity index (χ3n) is 3.56. The molecule has 0 aromatic heterocycles. The van der Waals surface area contributed by atoms with Crippen molar-refractivity contribution in [2.24, 2.45) is 0 Å². The molecule has 0 bridgehead atoms. The second kappa shape index (κ2) is 7.86. The normalized spacial score (nSPS) is 10.8. The number of halogens is 3. The summed E-state index contributed by atoms with van der Waals surface area (Å²) >= 11 is 0. The Labute approximate surface area is 138 Å². The molecule has 0 saturated carbocycles. The summed E-state index contributed by atoms with van der Waals surface area (Å²) in [5.74, 6) is -3.93. The molecule has 0 heterocycles. The maximum atomic E-state index is 13.5. The van der Waals surface area contributed by atoms with Gasteiger partial charge < -0.3 is 10.6 Å². The summed E-state index contributed by atoms with van der Waals surface area (Å²) in [6, 6.07) is 9.43. The molecule has 2 aromatic carbocycles. The van der Waals surface area contributed by atoms with Crippen molar-refractivity contribution in [1.29, 1.82) is 0 Å². The zero-order valence-electron chi connectivity index (χ0n) is 13.5. The predicted octanol–water partition coefficient (Wildman–Crippen LogP) is 4.67. The van der Waals surface area contributed by atoms with Crippen molar-refractivity contribution in [3.05, 3.63) is 59.4 Å². The van der Waals surface area contributed by atoms with Crippen LogP contribution in [0.5, 0.6) is 0 Å². The minimum absolute atomic E-state index is 0.0599. The number of carbonyl (C=O) groups is 1. The van der Waals surface area contributed by atoms with Crippen molar-refractivity contribution in [3.63, 3.8) is 0 Å². The highest BCUT2D eigenvalue weighted by Gasteiger charge is 2.13. The van der Waals surface area contributed by atoms with Gasteiger partial charge >= 0.3 is 0 Å². The predicted molar refractivity (Wildman–Crippen MR) is 88.6 cm³/mol. The molecule has 2 aromatic rings. The van der Waals surface area contributed by atoms with Crippen molar-refractivity contribution >= 4 is 17.3 Å². The fourth-order valence-corrected chi connectivity index (χ4v) is 2.15. The van der Waals surface area contributed by atoms with Crippen molar-refractivity contribution in [1.82, 2.24) is 0 Å². The highest BCUT2D eigenvalue weighted by molar-refractivity contribution is 5.91. The number of hydrogen-bond acceptors (Lipinski definition) is 2. The van der Waals surface area contributed by atoms with E-state index in [1.165, 1.54) is 5.56 Å². The zero-order valence-corrected chi connectivity index (χ0v) is 13.5. The van der Waals surface area contributed by atoms with E-state index in [2.05, 4.69) is 24.5 Å². The summed E-state index contributed by atoms with van der Waals surface area (Å²) in [6.07, 6.45) is 0.0599. The van der Waals surface area contributed by atoms with Gasteiger partial charge in [-0.2, -0.15) is 0 Å². The number of benzene rings is 2. The van der Waals surface area contributed by atoms with Crippen molar-refractivity contribution in [2.45, 2.75) is 26.2 Å². The van der Waals surface area contributed by atoms with Crippen LogP contribution in [-0.2, 0) is 4.79 Å². The van der Waals surface area contributed by atoms with E-state index in [0.717, 1.165) is 12.1 Å². The minimum Gasteiger partial charge on any atom is -0.382 e. The first kappa shape index (κ1) is 17.8. The third-order valence-corrected chi connectivity index (χ3v) is 3.56. The quantitative estimate of drug-likeness (QED) is 0.753. The van der Waals surface area contributed by atoms with E-state index in [4.69, 9.17) is 0 Å². The average molecular weight is 336 g/mol. The van der Waals surface area contributed by atoms with Gasteiger partial charge in [-0.05, 0) is 35.7 Å². The van der Waals surface area contributed by atoms with Crippen LogP contribution in [0.1, 0.15) is 31.7 Å². The molecular weight excluding hydrogens is 317 g/mol. The number of rotatable bonds is 6. The Hall–Kier alpha value is -2.50. The number of carbonyl (C=O) groups excluding carboxylic acids is 1. The lowest BCUT2D eigenvalue weighted by Crippen LogP contribution is -2.16. The van der Waals surface area contributed by atoms with Crippen molar-refractivity contribution in [2.75, 3.05) is 17.2 Å². The van der Waals surface area contributed by atoms with Crippen LogP contribution < -0.4 is 10.6 Å². The molecule has 0 aliphatic rings. The minimum atomic E-state index is -1.53. The molecule has 0 radical (unpaired) electrons. The summed E-state index contributed by atoms with van der Waals surface area (Å²) in [7, 11) is 0. The molecule has 0 spiro atoms. The van der Waals surface area contributed by atoms with Crippen LogP contribution in [0, 0.1) is 17.5 Å². The first-order valence-electron chi connectivity index (χ1n) is 7.65. The lowest BCUT2D eigenvalue weighted by molar-refractivity contribution is -0.115. The molecular formula is C18H19F3N2O. The summed E-state index contributed by atoms with van der Waals surface area (Å²) in [4.78, 5) is 11.8. The number of hydrogen-bond donors (Lipinski definition) is 2. The lowest BCUT2D eigenvalue weighted by atomic mass is 10.0. The fraction of sp³-hybridized carbons (Fsp3) is 0.278. The van der Waals surface area contributed by atoms with Crippen LogP contribution in [-0.4, -0.2) is 12.5 Å². The Morgan fingerprint density at radius 2 is 1.67 bits per heavy atom. The van der Waals surface area contributed by atoms with Crippen LogP contribution in [0.2, 0.25) is 0 Å². The standard InChI is InChI=1S/C18H19F3N2O/c1-11(2)12-3-5-13(6-4-12)23-16(24)9-10-22-15-8-7-14(19)17(20)18(15)21/h3-8,11,22H,9-10H2,1-2H3,(H,23,24). The molecule has 128 valence electrons. The topological polar surface area (TPSA) is 41.1 Å². The van der Waals surface area contributed by atoms with E-state index in [-0.39, 0.29) is 24.6 Å². The summed E-state index contributed by atoms with van der Waals surface area (Å²) in [6.45, 7) is 4.26. The smallest absolute Gasteiger partial charge is 0.226 e. The highest BCUT2D eigenvalue weighted by Crippen LogP contribution is 2.20. The van der Waals surface area contributed by atoms with Gasteiger partial charge in [-0.15, -0.1) is 0 Å². The van der Waals surface area contributed by atoms with Crippen LogP contribution in [0.25, 0.3) is 0 Å². The molecule has 0 atom stereocenters. The Morgan fingerprint density at radius 3 is 2.29 bits per heavy atom. The van der Waals surface area contributed by atoms with E-state index in [1.54, 1.807) is 0 Å². The lowest BCUT2D eigenvalue weighted by Gasteiger charge is -2.10. The van der Waals surface area contributed by atoms with E-state index in [1.807, 2.05) is 24.3 Å². The van der Waals surface area contributed by atoms with Crippen LogP contribution in [0.4, 0.5) is 24.5 Å². The summed E-state index contributed by atoms with van der Waals surface area (Å²) < 4.78 is 39.4. The Kier molecular flexibility index (Phi) is 5.84. The average Bonchev–Trinajstić information content (AvgIpc) is 2.55. The molecule has 6 heteroatoms. The van der Waals surface area contributed by atoms with Gasteiger partial charge in [0.05, 0.1) is 5.69 Å². The molecule has 1 amide bonds. The number of anilines is 2. The van der Waals surface area contributed by atoms with Gasteiger partial charge in [-0.1, -0.05) is 26.0 Å². The van der Waals surface area contributed by atoms with Gasteiger partial charge in [0.15, 0.2) is 17.5 Å². The van der Waals surface area contributed by atoms with Crippen molar-refractivity contribution in [3.8, 4) is 0 Å². The maximum absolute atomic E-state index is 13.5. The molecule has 0 unspecified atom stereocenters. The van der Waals surface area contributed by atoms with Gasteiger partial charge in [0.1, 0.15) is 0 Å². The van der Waals surface area contributed by atoms with Crippen LogP contribution in [0.3, 0.4) is 0 Å². The Bertz CT molecular complexity index is 715. The molecule has 24 heavy (non-hydrogen) atoms.